The van der Waals surface area contributed by atoms with Crippen molar-refractivity contribution in [2.75, 3.05) is 37.7 Å². The van der Waals surface area contributed by atoms with E-state index < -0.39 is 0 Å². The highest BCUT2D eigenvalue weighted by Gasteiger charge is 2.26. The van der Waals surface area contributed by atoms with Gasteiger partial charge in [-0.3, -0.25) is 14.4 Å². The van der Waals surface area contributed by atoms with Gasteiger partial charge in [0.05, 0.1) is 48.6 Å². The molecule has 7 rings (SSSR count). The first-order valence-corrected chi connectivity index (χ1v) is 12.5. The van der Waals surface area contributed by atoms with Crippen molar-refractivity contribution < 1.29 is 4.74 Å². The molecule has 2 aliphatic rings. The smallest absolute Gasteiger partial charge is 0.180 e. The minimum absolute atomic E-state index is 0.706. The van der Waals surface area contributed by atoms with Gasteiger partial charge in [-0.15, -0.1) is 11.3 Å². The number of ether oxygens (including phenoxy) is 1. The molecular weight excluding hydrogens is 448 g/mol. The lowest BCUT2D eigenvalue weighted by Crippen LogP contribution is -2.37. The van der Waals surface area contributed by atoms with E-state index in [2.05, 4.69) is 47.7 Å². The molecule has 9 nitrogen and oxygen atoms in total. The number of aromatic nitrogens is 6. The molecule has 172 valence electrons. The van der Waals surface area contributed by atoms with Gasteiger partial charge in [0.2, 0.25) is 0 Å². The average Bonchev–Trinajstić information content (AvgIpc) is 3.64. The molecule has 5 aromatic rings. The van der Waals surface area contributed by atoms with E-state index in [0.29, 0.717) is 13.2 Å². The zero-order valence-electron chi connectivity index (χ0n) is 18.6. The lowest BCUT2D eigenvalue weighted by atomic mass is 10.1. The molecule has 4 aromatic heterocycles. The highest BCUT2D eigenvalue weighted by molar-refractivity contribution is 7.09. The van der Waals surface area contributed by atoms with E-state index in [1.54, 1.807) is 11.3 Å². The van der Waals surface area contributed by atoms with Crippen molar-refractivity contribution >= 4 is 33.7 Å². The summed E-state index contributed by atoms with van der Waals surface area (Å²) in [6.45, 7) is 5.74. The van der Waals surface area contributed by atoms with Crippen molar-refractivity contribution in [3.63, 3.8) is 0 Å². The van der Waals surface area contributed by atoms with Gasteiger partial charge in [0.25, 0.3) is 0 Å². The number of hydrogen-bond donors (Lipinski definition) is 1. The summed E-state index contributed by atoms with van der Waals surface area (Å²) >= 11 is 1.71. The number of fused-ring (bicyclic) bond motifs is 4. The molecule has 0 atom stereocenters. The first kappa shape index (κ1) is 20.1. The second kappa shape index (κ2) is 8.15. The maximum Gasteiger partial charge on any atom is 0.180 e. The predicted molar refractivity (Wildman–Crippen MR) is 131 cm³/mol. The lowest BCUT2D eigenvalue weighted by Gasteiger charge is -2.28. The number of rotatable bonds is 4. The van der Waals surface area contributed by atoms with E-state index in [9.17, 15) is 0 Å². The van der Waals surface area contributed by atoms with Crippen LogP contribution in [-0.4, -0.2) is 67.3 Å². The third-order valence-electron chi connectivity index (χ3n) is 6.72. The molecule has 1 fully saturated rings. The first-order valence-electron chi connectivity index (χ1n) is 11.6. The Balaban J connectivity index is 1.38. The van der Waals surface area contributed by atoms with Crippen LogP contribution in [0.15, 0.2) is 42.2 Å². The van der Waals surface area contributed by atoms with Gasteiger partial charge in [0.1, 0.15) is 5.01 Å². The Kier molecular flexibility index (Phi) is 4.81. The molecule has 0 bridgehead atoms. The van der Waals surface area contributed by atoms with Crippen LogP contribution in [0.1, 0.15) is 16.4 Å². The second-order valence-electron chi connectivity index (χ2n) is 8.77. The fourth-order valence-electron chi connectivity index (χ4n) is 5.01. The minimum atomic E-state index is 0.706. The van der Waals surface area contributed by atoms with Crippen LogP contribution in [0.4, 0.5) is 5.82 Å². The summed E-state index contributed by atoms with van der Waals surface area (Å²) in [5.74, 6) is 0.933. The summed E-state index contributed by atoms with van der Waals surface area (Å²) in [5.41, 5.74) is 6.36. The van der Waals surface area contributed by atoms with Gasteiger partial charge >= 0.3 is 0 Å². The maximum atomic E-state index is 5.62. The molecule has 2 aliphatic heterocycles. The lowest BCUT2D eigenvalue weighted by molar-refractivity contribution is 0.122. The second-order valence-corrected chi connectivity index (χ2v) is 9.75. The van der Waals surface area contributed by atoms with Gasteiger partial charge in [-0.1, -0.05) is 12.1 Å². The van der Waals surface area contributed by atoms with Gasteiger partial charge in [-0.05, 0) is 6.07 Å². The number of hydrogen-bond acceptors (Lipinski definition) is 8. The van der Waals surface area contributed by atoms with Crippen LogP contribution in [0.2, 0.25) is 0 Å². The fourth-order valence-corrected chi connectivity index (χ4v) is 5.67. The Labute approximate surface area is 200 Å². The van der Waals surface area contributed by atoms with Gasteiger partial charge in [-0.25, -0.2) is 15.0 Å². The summed E-state index contributed by atoms with van der Waals surface area (Å²) in [5, 5.41) is 11.6. The van der Waals surface area contributed by atoms with Crippen molar-refractivity contribution in [2.24, 2.45) is 0 Å². The Morgan fingerprint density at radius 2 is 2.06 bits per heavy atom. The number of anilines is 1. The van der Waals surface area contributed by atoms with Crippen molar-refractivity contribution in [3.8, 4) is 11.3 Å². The molecule has 1 aromatic carbocycles. The standard InChI is InChI=1S/C24H24N8OS/c1-2-16(17-12-26-29-18(17)3-1)20-13-32-21-14-30(15-22-25-5-11-34-22)6-4-19(21)27-24(32)23(28-20)31-7-9-33-10-8-31/h1-3,5,11-13H,4,6-10,14-15H2,(H,26,29). The first-order chi connectivity index (χ1) is 16.8. The largest absolute Gasteiger partial charge is 0.378 e. The van der Waals surface area contributed by atoms with E-state index in [4.69, 9.17) is 14.7 Å². The van der Waals surface area contributed by atoms with E-state index in [1.807, 2.05) is 23.8 Å². The minimum Gasteiger partial charge on any atom is -0.378 e. The van der Waals surface area contributed by atoms with Crippen LogP contribution in [0.5, 0.6) is 0 Å². The number of nitrogens with zero attached hydrogens (tertiary/aromatic N) is 7. The fraction of sp³-hybridized carbons (Fsp3) is 0.333. The van der Waals surface area contributed by atoms with Crippen LogP contribution in [0.25, 0.3) is 27.8 Å². The van der Waals surface area contributed by atoms with Gasteiger partial charge < -0.3 is 9.64 Å². The van der Waals surface area contributed by atoms with E-state index in [-0.39, 0.29) is 0 Å². The quantitative estimate of drug-likeness (QED) is 0.430. The zero-order valence-corrected chi connectivity index (χ0v) is 19.5. The van der Waals surface area contributed by atoms with Crippen molar-refractivity contribution in [3.05, 3.63) is 58.6 Å². The third kappa shape index (κ3) is 3.37. The molecule has 0 spiro atoms. The molecule has 0 aliphatic carbocycles. The highest BCUT2D eigenvalue weighted by Crippen LogP contribution is 2.32. The zero-order chi connectivity index (χ0) is 22.5. The monoisotopic (exact) mass is 472 g/mol. The number of nitrogens with one attached hydrogen (secondary N) is 1. The van der Waals surface area contributed by atoms with Crippen LogP contribution >= 0.6 is 11.3 Å². The van der Waals surface area contributed by atoms with Crippen molar-refractivity contribution in [1.82, 2.24) is 34.4 Å². The molecular formula is C24H24N8OS. The van der Waals surface area contributed by atoms with E-state index in [1.165, 1.54) is 11.4 Å². The van der Waals surface area contributed by atoms with Crippen molar-refractivity contribution in [2.45, 2.75) is 19.5 Å². The molecule has 0 saturated carbocycles. The van der Waals surface area contributed by atoms with Crippen molar-refractivity contribution in [1.29, 1.82) is 0 Å². The molecule has 10 heteroatoms. The maximum absolute atomic E-state index is 5.62. The molecule has 0 unspecified atom stereocenters. The summed E-state index contributed by atoms with van der Waals surface area (Å²) in [6.07, 6.45) is 6.84. The average molecular weight is 473 g/mol. The van der Waals surface area contributed by atoms with E-state index in [0.717, 1.165) is 77.8 Å². The Hall–Kier alpha value is -3.34. The number of aromatic amines is 1. The Bertz CT molecular complexity index is 1470. The molecule has 1 N–H and O–H groups in total. The summed E-state index contributed by atoms with van der Waals surface area (Å²) in [4.78, 5) is 19.5. The normalized spacial score (nSPS) is 17.0. The predicted octanol–water partition coefficient (Wildman–Crippen LogP) is 3.12. The molecule has 0 amide bonds. The molecule has 6 heterocycles. The molecule has 0 radical (unpaired) electrons. The molecule has 1 saturated heterocycles. The number of thiazole rings is 1. The van der Waals surface area contributed by atoms with E-state index >= 15 is 0 Å². The Morgan fingerprint density at radius 1 is 1.12 bits per heavy atom. The number of H-pyrrole nitrogens is 1. The SMILES string of the molecule is c1cc(-c2cn3c4c(nc3c(N3CCOCC3)n2)CCN(Cc2nccs2)C4)c2cn[nH]c2c1. The Morgan fingerprint density at radius 3 is 2.94 bits per heavy atom. The van der Waals surface area contributed by atoms with Crippen LogP contribution in [0, 0.1) is 0 Å². The van der Waals surface area contributed by atoms with Crippen LogP contribution in [-0.2, 0) is 24.2 Å². The number of morpholine rings is 1. The molecule has 34 heavy (non-hydrogen) atoms. The van der Waals surface area contributed by atoms with Crippen LogP contribution in [0.3, 0.4) is 0 Å². The summed E-state index contributed by atoms with van der Waals surface area (Å²) < 4.78 is 7.89. The highest BCUT2D eigenvalue weighted by atomic mass is 32.1. The number of imidazole rings is 1. The van der Waals surface area contributed by atoms with Gasteiger partial charge in [0.15, 0.2) is 11.5 Å². The third-order valence-corrected chi connectivity index (χ3v) is 7.49. The summed E-state index contributed by atoms with van der Waals surface area (Å²) in [7, 11) is 0. The number of benzene rings is 1. The van der Waals surface area contributed by atoms with Gasteiger partial charge in [0, 0.05) is 61.3 Å². The van der Waals surface area contributed by atoms with Gasteiger partial charge in [-0.2, -0.15) is 5.10 Å². The topological polar surface area (TPSA) is 87.5 Å². The van der Waals surface area contributed by atoms with Crippen LogP contribution < -0.4 is 4.90 Å². The summed E-state index contributed by atoms with van der Waals surface area (Å²) in [6, 6.07) is 6.21.